The molecule has 94 valence electrons. The van der Waals surface area contributed by atoms with E-state index in [1.807, 2.05) is 0 Å². The number of halogens is 3. The zero-order valence-corrected chi connectivity index (χ0v) is 9.29. The van der Waals surface area contributed by atoms with Crippen molar-refractivity contribution >= 4 is 5.69 Å². The molecule has 0 amide bonds. The van der Waals surface area contributed by atoms with Gasteiger partial charge in [-0.15, -0.1) is 0 Å². The summed E-state index contributed by atoms with van der Waals surface area (Å²) >= 11 is 0. The Hall–Kier alpha value is -2.17. The summed E-state index contributed by atoms with van der Waals surface area (Å²) in [5, 5.41) is 0. The number of nitrogens with two attached hydrogens (primary N) is 1. The van der Waals surface area contributed by atoms with Gasteiger partial charge >= 0.3 is 0 Å². The fraction of sp³-hybridized carbons (Fsp3) is 0.0769. The first-order valence-corrected chi connectivity index (χ1v) is 5.17. The molecule has 0 aliphatic heterocycles. The number of ether oxygens (including phenoxy) is 1. The Morgan fingerprint density at radius 3 is 2.39 bits per heavy atom. The zero-order valence-electron chi connectivity index (χ0n) is 9.29. The molecule has 0 bridgehead atoms. The summed E-state index contributed by atoms with van der Waals surface area (Å²) in [6, 6.07) is 6.89. The van der Waals surface area contributed by atoms with E-state index in [1.54, 1.807) is 0 Å². The summed E-state index contributed by atoms with van der Waals surface area (Å²) in [5.41, 5.74) is 6.19. The molecule has 0 aliphatic carbocycles. The topological polar surface area (TPSA) is 35.2 Å². The Balaban J connectivity index is 2.11. The molecule has 0 aliphatic rings. The zero-order chi connectivity index (χ0) is 13.1. The first kappa shape index (κ1) is 12.3. The number of hydrogen-bond donors (Lipinski definition) is 1. The van der Waals surface area contributed by atoms with Crippen molar-refractivity contribution in [3.63, 3.8) is 0 Å². The van der Waals surface area contributed by atoms with E-state index in [0.717, 1.165) is 12.1 Å². The van der Waals surface area contributed by atoms with E-state index in [2.05, 4.69) is 0 Å². The van der Waals surface area contributed by atoms with Gasteiger partial charge in [0.1, 0.15) is 18.2 Å². The van der Waals surface area contributed by atoms with E-state index in [4.69, 9.17) is 10.5 Å². The van der Waals surface area contributed by atoms with Gasteiger partial charge in [-0.25, -0.2) is 13.2 Å². The average Bonchev–Trinajstić information content (AvgIpc) is 2.26. The average molecular weight is 253 g/mol. The second-order valence-corrected chi connectivity index (χ2v) is 3.76. The van der Waals surface area contributed by atoms with Crippen LogP contribution in [0.5, 0.6) is 5.75 Å². The molecular formula is C13H10F3NO. The highest BCUT2D eigenvalue weighted by Gasteiger charge is 2.06. The first-order chi connectivity index (χ1) is 8.54. The molecule has 0 saturated carbocycles. The van der Waals surface area contributed by atoms with Crippen LogP contribution in [0.3, 0.4) is 0 Å². The van der Waals surface area contributed by atoms with Crippen LogP contribution in [0.2, 0.25) is 0 Å². The molecule has 0 fully saturated rings. The molecule has 2 nitrogen and oxygen atoms in total. The first-order valence-electron chi connectivity index (χ1n) is 5.17. The summed E-state index contributed by atoms with van der Waals surface area (Å²) in [5.74, 6) is -2.08. The third kappa shape index (κ3) is 2.94. The lowest BCUT2D eigenvalue weighted by Gasteiger charge is -2.08. The highest BCUT2D eigenvalue weighted by Crippen LogP contribution is 2.20. The van der Waals surface area contributed by atoms with Crippen LogP contribution in [-0.4, -0.2) is 0 Å². The van der Waals surface area contributed by atoms with Gasteiger partial charge in [-0.1, -0.05) is 0 Å². The summed E-state index contributed by atoms with van der Waals surface area (Å²) < 4.78 is 44.1. The van der Waals surface area contributed by atoms with Crippen LogP contribution in [0.4, 0.5) is 18.9 Å². The van der Waals surface area contributed by atoms with Crippen LogP contribution in [0.15, 0.2) is 36.4 Å². The second kappa shape index (κ2) is 5.00. The van der Waals surface area contributed by atoms with E-state index in [-0.39, 0.29) is 18.0 Å². The number of rotatable bonds is 3. The van der Waals surface area contributed by atoms with Gasteiger partial charge in [0.05, 0.1) is 0 Å². The van der Waals surface area contributed by atoms with Crippen molar-refractivity contribution in [3.05, 3.63) is 59.4 Å². The van der Waals surface area contributed by atoms with Crippen LogP contribution < -0.4 is 10.5 Å². The summed E-state index contributed by atoms with van der Waals surface area (Å²) in [4.78, 5) is 0. The van der Waals surface area contributed by atoms with Crippen LogP contribution in [0.1, 0.15) is 5.56 Å². The van der Waals surface area contributed by atoms with Gasteiger partial charge in [-0.2, -0.15) is 0 Å². The molecule has 5 heteroatoms. The maximum absolute atomic E-state index is 13.2. The molecule has 2 aromatic rings. The Labute approximate surface area is 102 Å². The highest BCUT2D eigenvalue weighted by molar-refractivity contribution is 5.41. The maximum Gasteiger partial charge on any atom is 0.167 e. The van der Waals surface area contributed by atoms with Crippen molar-refractivity contribution < 1.29 is 17.9 Å². The van der Waals surface area contributed by atoms with E-state index in [9.17, 15) is 13.2 Å². The molecule has 0 spiro atoms. The summed E-state index contributed by atoms with van der Waals surface area (Å²) in [6.45, 7) is -0.0511. The fourth-order valence-corrected chi connectivity index (χ4v) is 1.51. The molecule has 0 aromatic heterocycles. The van der Waals surface area contributed by atoms with Crippen LogP contribution in [0, 0.1) is 17.5 Å². The highest BCUT2D eigenvalue weighted by atomic mass is 19.1. The largest absolute Gasteiger partial charge is 0.486 e. The molecule has 0 atom stereocenters. The maximum atomic E-state index is 13.2. The van der Waals surface area contributed by atoms with E-state index < -0.39 is 17.5 Å². The Bertz CT molecular complexity index is 552. The van der Waals surface area contributed by atoms with Gasteiger partial charge in [-0.05, 0) is 35.9 Å². The molecule has 18 heavy (non-hydrogen) atoms. The van der Waals surface area contributed by atoms with E-state index in [0.29, 0.717) is 5.56 Å². The minimum atomic E-state index is -0.806. The molecule has 0 unspecified atom stereocenters. The Morgan fingerprint density at radius 1 is 0.944 bits per heavy atom. The molecule has 2 rings (SSSR count). The summed E-state index contributed by atoms with van der Waals surface area (Å²) in [6.07, 6.45) is 0. The lowest BCUT2D eigenvalue weighted by Crippen LogP contribution is -1.99. The van der Waals surface area contributed by atoms with Crippen molar-refractivity contribution in [1.29, 1.82) is 0 Å². The molecule has 0 heterocycles. The van der Waals surface area contributed by atoms with Crippen LogP contribution in [-0.2, 0) is 6.61 Å². The fourth-order valence-electron chi connectivity index (χ4n) is 1.51. The predicted molar refractivity (Wildman–Crippen MR) is 61.5 cm³/mol. The monoisotopic (exact) mass is 253 g/mol. The van der Waals surface area contributed by atoms with Crippen molar-refractivity contribution in [1.82, 2.24) is 0 Å². The number of benzene rings is 2. The predicted octanol–water partition coefficient (Wildman–Crippen LogP) is 3.27. The van der Waals surface area contributed by atoms with Crippen molar-refractivity contribution in [2.45, 2.75) is 6.61 Å². The number of anilines is 1. The van der Waals surface area contributed by atoms with Crippen molar-refractivity contribution in [2.75, 3.05) is 5.73 Å². The smallest absolute Gasteiger partial charge is 0.167 e. The molecular weight excluding hydrogens is 243 g/mol. The van der Waals surface area contributed by atoms with Crippen LogP contribution >= 0.6 is 0 Å². The normalized spacial score (nSPS) is 10.4. The quantitative estimate of drug-likeness (QED) is 0.852. The van der Waals surface area contributed by atoms with Gasteiger partial charge in [0, 0.05) is 11.8 Å². The van der Waals surface area contributed by atoms with Crippen LogP contribution in [0.25, 0.3) is 0 Å². The molecule has 2 aromatic carbocycles. The van der Waals surface area contributed by atoms with Gasteiger partial charge in [0.2, 0.25) is 0 Å². The third-order valence-electron chi connectivity index (χ3n) is 2.27. The van der Waals surface area contributed by atoms with Gasteiger partial charge in [0.15, 0.2) is 11.6 Å². The number of nitrogen functional groups attached to an aromatic ring is 1. The van der Waals surface area contributed by atoms with Gasteiger partial charge < -0.3 is 10.5 Å². The van der Waals surface area contributed by atoms with E-state index >= 15 is 0 Å². The minimum Gasteiger partial charge on any atom is -0.486 e. The second-order valence-electron chi connectivity index (χ2n) is 3.76. The SMILES string of the molecule is Nc1cc(F)cc(COc2ccc(F)cc2F)c1. The minimum absolute atomic E-state index is 0.0511. The summed E-state index contributed by atoms with van der Waals surface area (Å²) in [7, 11) is 0. The Kier molecular flexibility index (Phi) is 3.41. The van der Waals surface area contributed by atoms with Crippen molar-refractivity contribution in [3.8, 4) is 5.75 Å². The van der Waals surface area contributed by atoms with Gasteiger partial charge in [-0.3, -0.25) is 0 Å². The van der Waals surface area contributed by atoms with Gasteiger partial charge in [0.25, 0.3) is 0 Å². The van der Waals surface area contributed by atoms with E-state index in [1.165, 1.54) is 24.3 Å². The van der Waals surface area contributed by atoms with Crippen molar-refractivity contribution in [2.24, 2.45) is 0 Å². The lowest BCUT2D eigenvalue weighted by molar-refractivity contribution is 0.289. The third-order valence-corrected chi connectivity index (χ3v) is 2.27. The standard InChI is InChI=1S/C13H10F3NO/c14-9-1-2-13(12(16)6-9)18-7-8-3-10(15)5-11(17)4-8/h1-6H,7,17H2. The number of hydrogen-bond acceptors (Lipinski definition) is 2. The molecule has 2 N–H and O–H groups in total. The lowest BCUT2D eigenvalue weighted by atomic mass is 10.2. The molecule has 0 saturated heterocycles. The Morgan fingerprint density at radius 2 is 1.72 bits per heavy atom. The molecule has 0 radical (unpaired) electrons.